The second kappa shape index (κ2) is 4.75. The molecule has 0 radical (unpaired) electrons. The summed E-state index contributed by atoms with van der Waals surface area (Å²) in [5.41, 5.74) is 5.38. The Morgan fingerprint density at radius 1 is 1.57 bits per heavy atom. The summed E-state index contributed by atoms with van der Waals surface area (Å²) in [7, 11) is 2.08. The molecule has 4 heteroatoms. The summed E-state index contributed by atoms with van der Waals surface area (Å²) in [6.45, 7) is 6.05. The van der Waals surface area contributed by atoms with Crippen LogP contribution in [0.15, 0.2) is 0 Å². The molecule has 0 aliphatic carbocycles. The van der Waals surface area contributed by atoms with Crippen LogP contribution in [-0.2, 0) is 4.79 Å². The van der Waals surface area contributed by atoms with Crippen molar-refractivity contribution in [2.75, 3.05) is 20.1 Å². The summed E-state index contributed by atoms with van der Waals surface area (Å²) in [4.78, 5) is 13.5. The third kappa shape index (κ3) is 2.96. The van der Waals surface area contributed by atoms with Crippen molar-refractivity contribution >= 4 is 5.91 Å². The number of nitrogens with zero attached hydrogens (tertiary/aromatic N) is 1. The van der Waals surface area contributed by atoms with Gasteiger partial charge in [0.2, 0.25) is 5.91 Å². The summed E-state index contributed by atoms with van der Waals surface area (Å²) >= 11 is 0. The molecular formula is C10H21N3O. The number of nitrogens with two attached hydrogens (primary N) is 1. The fourth-order valence-corrected chi connectivity index (χ4v) is 2.05. The molecule has 14 heavy (non-hydrogen) atoms. The molecule has 2 atom stereocenters. The average molecular weight is 199 g/mol. The minimum Gasteiger partial charge on any atom is -0.369 e. The van der Waals surface area contributed by atoms with Crippen LogP contribution >= 0.6 is 0 Å². The summed E-state index contributed by atoms with van der Waals surface area (Å²) in [6.07, 6.45) is 0.871. The van der Waals surface area contributed by atoms with E-state index in [9.17, 15) is 4.79 Å². The molecule has 2 unspecified atom stereocenters. The van der Waals surface area contributed by atoms with Crippen molar-refractivity contribution in [2.45, 2.75) is 32.4 Å². The highest BCUT2D eigenvalue weighted by molar-refractivity contribution is 5.77. The van der Waals surface area contributed by atoms with Gasteiger partial charge in [-0.2, -0.15) is 0 Å². The van der Waals surface area contributed by atoms with Gasteiger partial charge in [0.05, 0.1) is 5.92 Å². The molecule has 3 N–H and O–H groups in total. The third-order valence-corrected chi connectivity index (χ3v) is 2.73. The van der Waals surface area contributed by atoms with E-state index in [-0.39, 0.29) is 17.9 Å². The highest BCUT2D eigenvalue weighted by Gasteiger charge is 2.31. The molecule has 0 aromatic carbocycles. The Bertz CT molecular complexity index is 204. The van der Waals surface area contributed by atoms with E-state index < -0.39 is 0 Å². The number of carbonyl (C=O) groups is 1. The standard InChI is InChI=1S/C10H21N3O/c1-7(2)12-9-6-13(3)5-4-8(9)10(11)14/h7-9,12H,4-6H2,1-3H3,(H2,11,14). The zero-order chi connectivity index (χ0) is 10.7. The van der Waals surface area contributed by atoms with Gasteiger partial charge in [0.15, 0.2) is 0 Å². The number of likely N-dealkylation sites (N-methyl/N-ethyl adjacent to an activating group) is 1. The highest BCUT2D eigenvalue weighted by Crippen LogP contribution is 2.16. The zero-order valence-electron chi connectivity index (χ0n) is 9.29. The van der Waals surface area contributed by atoms with Crippen LogP contribution in [0.1, 0.15) is 20.3 Å². The second-order valence-electron chi connectivity index (χ2n) is 4.49. The first-order valence-corrected chi connectivity index (χ1v) is 5.24. The molecule has 1 amide bonds. The molecule has 0 bridgehead atoms. The van der Waals surface area contributed by atoms with Crippen molar-refractivity contribution < 1.29 is 4.79 Å². The Balaban J connectivity index is 2.59. The predicted octanol–water partition coefficient (Wildman–Crippen LogP) is -0.210. The maximum atomic E-state index is 11.2. The van der Waals surface area contributed by atoms with Crippen molar-refractivity contribution in [3.63, 3.8) is 0 Å². The normalized spacial score (nSPS) is 29.4. The van der Waals surface area contributed by atoms with E-state index in [1.165, 1.54) is 0 Å². The number of hydrogen-bond donors (Lipinski definition) is 2. The number of carbonyl (C=O) groups excluding carboxylic acids is 1. The topological polar surface area (TPSA) is 58.4 Å². The molecule has 1 saturated heterocycles. The maximum absolute atomic E-state index is 11.2. The lowest BCUT2D eigenvalue weighted by atomic mass is 9.91. The average Bonchev–Trinajstić information content (AvgIpc) is 2.01. The lowest BCUT2D eigenvalue weighted by Gasteiger charge is -2.36. The number of piperidine rings is 1. The number of likely N-dealkylation sites (tertiary alicyclic amines) is 1. The summed E-state index contributed by atoms with van der Waals surface area (Å²) in [5.74, 6) is -0.176. The first-order chi connectivity index (χ1) is 6.50. The summed E-state index contributed by atoms with van der Waals surface area (Å²) < 4.78 is 0. The minimum atomic E-state index is -0.170. The molecule has 0 aromatic heterocycles. The molecule has 4 nitrogen and oxygen atoms in total. The molecular weight excluding hydrogens is 178 g/mol. The van der Waals surface area contributed by atoms with Gasteiger partial charge in [-0.05, 0) is 20.0 Å². The SMILES string of the molecule is CC(C)NC1CN(C)CCC1C(N)=O. The number of primary amides is 1. The van der Waals surface area contributed by atoms with Crippen molar-refractivity contribution in [2.24, 2.45) is 11.7 Å². The van der Waals surface area contributed by atoms with E-state index in [0.717, 1.165) is 19.5 Å². The van der Waals surface area contributed by atoms with Crippen LogP contribution in [0, 0.1) is 5.92 Å². The molecule has 1 heterocycles. The largest absolute Gasteiger partial charge is 0.369 e. The van der Waals surface area contributed by atoms with Gasteiger partial charge in [-0.15, -0.1) is 0 Å². The van der Waals surface area contributed by atoms with Crippen molar-refractivity contribution in [3.8, 4) is 0 Å². The van der Waals surface area contributed by atoms with Crippen molar-refractivity contribution in [1.29, 1.82) is 0 Å². The third-order valence-electron chi connectivity index (χ3n) is 2.73. The molecule has 0 saturated carbocycles. The monoisotopic (exact) mass is 199 g/mol. The smallest absolute Gasteiger partial charge is 0.222 e. The Labute approximate surface area is 85.8 Å². The fraction of sp³-hybridized carbons (Fsp3) is 0.900. The number of amides is 1. The number of hydrogen-bond acceptors (Lipinski definition) is 3. The van der Waals surface area contributed by atoms with Gasteiger partial charge in [0.25, 0.3) is 0 Å². The Morgan fingerprint density at radius 2 is 2.21 bits per heavy atom. The van der Waals surface area contributed by atoms with E-state index in [1.54, 1.807) is 0 Å². The van der Waals surface area contributed by atoms with Crippen LogP contribution in [-0.4, -0.2) is 43.0 Å². The molecule has 1 aliphatic heterocycles. The van der Waals surface area contributed by atoms with Gasteiger partial charge in [-0.1, -0.05) is 13.8 Å². The Hall–Kier alpha value is -0.610. The van der Waals surface area contributed by atoms with E-state index in [0.29, 0.717) is 6.04 Å². The maximum Gasteiger partial charge on any atom is 0.222 e. The summed E-state index contributed by atoms with van der Waals surface area (Å²) in [5, 5.41) is 3.40. The van der Waals surface area contributed by atoms with Gasteiger partial charge < -0.3 is 16.0 Å². The predicted molar refractivity (Wildman–Crippen MR) is 56.9 cm³/mol. The zero-order valence-corrected chi connectivity index (χ0v) is 9.29. The molecule has 1 aliphatic rings. The molecule has 0 spiro atoms. The van der Waals surface area contributed by atoms with E-state index in [2.05, 4.69) is 31.1 Å². The van der Waals surface area contributed by atoms with Crippen LogP contribution in [0.5, 0.6) is 0 Å². The highest BCUT2D eigenvalue weighted by atomic mass is 16.1. The molecule has 1 fully saturated rings. The van der Waals surface area contributed by atoms with Crippen LogP contribution < -0.4 is 11.1 Å². The van der Waals surface area contributed by atoms with E-state index in [1.807, 2.05) is 0 Å². The fourth-order valence-electron chi connectivity index (χ4n) is 2.05. The van der Waals surface area contributed by atoms with E-state index >= 15 is 0 Å². The number of nitrogens with one attached hydrogen (secondary N) is 1. The first-order valence-electron chi connectivity index (χ1n) is 5.24. The van der Waals surface area contributed by atoms with Crippen LogP contribution in [0.2, 0.25) is 0 Å². The van der Waals surface area contributed by atoms with Gasteiger partial charge in [0.1, 0.15) is 0 Å². The summed E-state index contributed by atoms with van der Waals surface area (Å²) in [6, 6.07) is 0.611. The van der Waals surface area contributed by atoms with Gasteiger partial charge in [-0.3, -0.25) is 4.79 Å². The van der Waals surface area contributed by atoms with Crippen LogP contribution in [0.3, 0.4) is 0 Å². The first kappa shape index (κ1) is 11.5. The second-order valence-corrected chi connectivity index (χ2v) is 4.49. The van der Waals surface area contributed by atoms with Gasteiger partial charge in [-0.25, -0.2) is 0 Å². The molecule has 1 rings (SSSR count). The Kier molecular flexibility index (Phi) is 3.89. The van der Waals surface area contributed by atoms with Gasteiger partial charge in [0, 0.05) is 18.6 Å². The lowest BCUT2D eigenvalue weighted by molar-refractivity contribution is -0.124. The van der Waals surface area contributed by atoms with E-state index in [4.69, 9.17) is 5.73 Å². The van der Waals surface area contributed by atoms with Crippen LogP contribution in [0.4, 0.5) is 0 Å². The Morgan fingerprint density at radius 3 is 2.71 bits per heavy atom. The van der Waals surface area contributed by atoms with Gasteiger partial charge >= 0.3 is 0 Å². The lowest BCUT2D eigenvalue weighted by Crippen LogP contribution is -2.55. The molecule has 82 valence electrons. The van der Waals surface area contributed by atoms with Crippen LogP contribution in [0.25, 0.3) is 0 Å². The number of rotatable bonds is 3. The molecule has 0 aromatic rings. The quantitative estimate of drug-likeness (QED) is 0.661. The minimum absolute atomic E-state index is 0.00593. The van der Waals surface area contributed by atoms with Crippen molar-refractivity contribution in [1.82, 2.24) is 10.2 Å². The van der Waals surface area contributed by atoms with Crippen molar-refractivity contribution in [3.05, 3.63) is 0 Å².